The number of rotatable bonds is 6. The van der Waals surface area contributed by atoms with Crippen LogP contribution in [0.5, 0.6) is 11.5 Å². The summed E-state index contributed by atoms with van der Waals surface area (Å²) in [6.45, 7) is 1.03. The predicted molar refractivity (Wildman–Crippen MR) is 101 cm³/mol. The van der Waals surface area contributed by atoms with Crippen LogP contribution in [0.3, 0.4) is 0 Å². The summed E-state index contributed by atoms with van der Waals surface area (Å²) >= 11 is 0. The molecule has 1 fully saturated rings. The van der Waals surface area contributed by atoms with Crippen LogP contribution in [-0.2, 0) is 10.0 Å². The van der Waals surface area contributed by atoms with Gasteiger partial charge < -0.3 is 19.8 Å². The molecule has 0 spiro atoms. The minimum atomic E-state index is -3.58. The van der Waals surface area contributed by atoms with Crippen LogP contribution < -0.4 is 14.8 Å². The maximum Gasteiger partial charge on any atom is 0.272 e. The first-order valence-corrected chi connectivity index (χ1v) is 10.1. The molecule has 1 saturated heterocycles. The summed E-state index contributed by atoms with van der Waals surface area (Å²) in [5.41, 5.74) is 0.674. The van der Waals surface area contributed by atoms with E-state index in [9.17, 15) is 13.2 Å². The Balaban J connectivity index is 1.75. The van der Waals surface area contributed by atoms with Crippen molar-refractivity contribution in [1.29, 1.82) is 0 Å². The highest BCUT2D eigenvalue weighted by Gasteiger charge is 2.27. The van der Waals surface area contributed by atoms with Crippen molar-refractivity contribution >= 4 is 21.6 Å². The van der Waals surface area contributed by atoms with Gasteiger partial charge in [0.1, 0.15) is 10.6 Å². The Hall–Kier alpha value is -2.52. The molecule has 1 aliphatic rings. The van der Waals surface area contributed by atoms with E-state index in [1.54, 1.807) is 18.2 Å². The number of hydrogen-bond donors (Lipinski definition) is 2. The molecule has 2 aromatic rings. The Labute approximate surface area is 158 Å². The highest BCUT2D eigenvalue weighted by atomic mass is 32.2. The van der Waals surface area contributed by atoms with Gasteiger partial charge in [0.05, 0.1) is 14.2 Å². The second kappa shape index (κ2) is 8.01. The molecule has 0 saturated carbocycles. The molecule has 1 aliphatic heterocycles. The van der Waals surface area contributed by atoms with Gasteiger partial charge in [0, 0.05) is 31.0 Å². The van der Waals surface area contributed by atoms with Crippen molar-refractivity contribution in [1.82, 2.24) is 9.29 Å². The van der Waals surface area contributed by atoms with Crippen LogP contribution in [0.2, 0.25) is 0 Å². The number of amides is 1. The monoisotopic (exact) mass is 393 g/mol. The second-order valence-corrected chi connectivity index (χ2v) is 8.18. The number of sulfonamides is 1. The van der Waals surface area contributed by atoms with Gasteiger partial charge in [0.2, 0.25) is 10.0 Å². The first-order chi connectivity index (χ1) is 13.0. The Kier molecular flexibility index (Phi) is 5.71. The molecule has 1 aromatic heterocycles. The van der Waals surface area contributed by atoms with Crippen LogP contribution in [-0.4, -0.2) is 50.9 Å². The van der Waals surface area contributed by atoms with Gasteiger partial charge >= 0.3 is 0 Å². The number of nitrogens with zero attached hydrogens (tertiary/aromatic N) is 1. The zero-order valence-corrected chi connectivity index (χ0v) is 16.1. The first kappa shape index (κ1) is 19.2. The minimum absolute atomic E-state index is 0.0989. The van der Waals surface area contributed by atoms with Crippen molar-refractivity contribution in [2.75, 3.05) is 32.6 Å². The third kappa shape index (κ3) is 4.09. The summed E-state index contributed by atoms with van der Waals surface area (Å²) in [6.07, 6.45) is 4.11. The Morgan fingerprint density at radius 2 is 1.78 bits per heavy atom. The summed E-state index contributed by atoms with van der Waals surface area (Å²) in [5.74, 6) is 0.586. The summed E-state index contributed by atoms with van der Waals surface area (Å²) in [6, 6.07) is 6.34. The molecule has 1 amide bonds. The molecule has 27 heavy (non-hydrogen) atoms. The fourth-order valence-electron chi connectivity index (χ4n) is 3.02. The largest absolute Gasteiger partial charge is 0.493 e. The van der Waals surface area contributed by atoms with Gasteiger partial charge in [-0.3, -0.25) is 4.79 Å². The lowest BCUT2D eigenvalue weighted by Gasteiger charge is -2.25. The number of aromatic nitrogens is 1. The van der Waals surface area contributed by atoms with E-state index < -0.39 is 15.9 Å². The fraction of sp³-hybridized carbons (Fsp3) is 0.389. The van der Waals surface area contributed by atoms with Gasteiger partial charge in [-0.05, 0) is 31.0 Å². The molecule has 9 heteroatoms. The van der Waals surface area contributed by atoms with Crippen LogP contribution in [0, 0.1) is 0 Å². The number of benzene rings is 1. The maximum absolute atomic E-state index is 12.7. The van der Waals surface area contributed by atoms with Gasteiger partial charge in [0.25, 0.3) is 5.91 Å². The number of carbonyl (C=O) groups is 1. The van der Waals surface area contributed by atoms with E-state index in [-0.39, 0.29) is 10.6 Å². The molecule has 0 unspecified atom stereocenters. The van der Waals surface area contributed by atoms with E-state index in [4.69, 9.17) is 9.47 Å². The van der Waals surface area contributed by atoms with Gasteiger partial charge in [-0.1, -0.05) is 6.42 Å². The standard InChI is InChI=1S/C18H23N3O5S/c1-25-16-7-6-13(10-17(16)26-2)20-18(22)15-11-14(12-19-15)27(23,24)21-8-4-3-5-9-21/h6-7,10-12,19H,3-5,8-9H2,1-2H3,(H,20,22). The highest BCUT2D eigenvalue weighted by molar-refractivity contribution is 7.89. The van der Waals surface area contributed by atoms with E-state index in [2.05, 4.69) is 10.3 Å². The minimum Gasteiger partial charge on any atom is -0.493 e. The van der Waals surface area contributed by atoms with E-state index in [1.165, 1.54) is 30.8 Å². The summed E-state index contributed by atoms with van der Waals surface area (Å²) in [7, 11) is -0.548. The lowest BCUT2D eigenvalue weighted by Crippen LogP contribution is -2.35. The third-order valence-corrected chi connectivity index (χ3v) is 6.37. The van der Waals surface area contributed by atoms with E-state index >= 15 is 0 Å². The van der Waals surface area contributed by atoms with Gasteiger partial charge in [-0.25, -0.2) is 8.42 Å². The van der Waals surface area contributed by atoms with Crippen molar-refractivity contribution < 1.29 is 22.7 Å². The fourth-order valence-corrected chi connectivity index (χ4v) is 4.53. The zero-order valence-electron chi connectivity index (χ0n) is 15.3. The average molecular weight is 393 g/mol. The molecule has 0 radical (unpaired) electrons. The summed E-state index contributed by atoms with van der Waals surface area (Å²) in [4.78, 5) is 15.3. The summed E-state index contributed by atoms with van der Waals surface area (Å²) < 4.78 is 37.2. The van der Waals surface area contributed by atoms with Gasteiger partial charge in [-0.2, -0.15) is 4.31 Å². The van der Waals surface area contributed by atoms with Crippen molar-refractivity contribution in [2.24, 2.45) is 0 Å². The third-order valence-electron chi connectivity index (χ3n) is 4.50. The molecule has 146 valence electrons. The number of ether oxygens (including phenoxy) is 2. The number of piperidine rings is 1. The van der Waals surface area contributed by atoms with Crippen LogP contribution in [0.1, 0.15) is 29.8 Å². The van der Waals surface area contributed by atoms with Crippen LogP contribution in [0.15, 0.2) is 35.4 Å². The molecule has 0 aliphatic carbocycles. The van der Waals surface area contributed by atoms with Crippen LogP contribution >= 0.6 is 0 Å². The number of H-pyrrole nitrogens is 1. The quantitative estimate of drug-likeness (QED) is 0.785. The Morgan fingerprint density at radius 3 is 2.44 bits per heavy atom. The molecular weight excluding hydrogens is 370 g/mol. The van der Waals surface area contributed by atoms with E-state index in [0.717, 1.165) is 19.3 Å². The van der Waals surface area contributed by atoms with Gasteiger partial charge in [-0.15, -0.1) is 0 Å². The second-order valence-electron chi connectivity index (χ2n) is 6.24. The molecule has 1 aromatic carbocycles. The number of aromatic amines is 1. The normalized spacial score (nSPS) is 15.3. The smallest absolute Gasteiger partial charge is 0.272 e. The molecule has 2 N–H and O–H groups in total. The molecule has 3 rings (SSSR count). The lowest BCUT2D eigenvalue weighted by molar-refractivity contribution is 0.102. The molecular formula is C18H23N3O5S. The predicted octanol–water partition coefficient (Wildman–Crippen LogP) is 2.46. The zero-order chi connectivity index (χ0) is 19.4. The van der Waals surface area contributed by atoms with Crippen LogP contribution in [0.25, 0.3) is 0 Å². The Bertz CT molecular complexity index is 917. The SMILES string of the molecule is COc1ccc(NC(=O)c2cc(S(=O)(=O)N3CCCCC3)c[nH]2)cc1OC. The molecule has 0 bridgehead atoms. The highest BCUT2D eigenvalue weighted by Crippen LogP contribution is 2.30. The maximum atomic E-state index is 12.7. The van der Waals surface area contributed by atoms with E-state index in [1.807, 2.05) is 0 Å². The molecule has 0 atom stereocenters. The Morgan fingerprint density at radius 1 is 1.07 bits per heavy atom. The van der Waals surface area contributed by atoms with E-state index in [0.29, 0.717) is 30.3 Å². The summed E-state index contributed by atoms with van der Waals surface area (Å²) in [5, 5.41) is 2.71. The van der Waals surface area contributed by atoms with Crippen molar-refractivity contribution in [2.45, 2.75) is 24.2 Å². The number of anilines is 1. The number of carbonyl (C=O) groups excluding carboxylic acids is 1. The number of methoxy groups -OCH3 is 2. The van der Waals surface area contributed by atoms with Crippen molar-refractivity contribution in [3.63, 3.8) is 0 Å². The number of nitrogens with one attached hydrogen (secondary N) is 2. The topological polar surface area (TPSA) is 101 Å². The number of hydrogen-bond acceptors (Lipinski definition) is 5. The van der Waals surface area contributed by atoms with Crippen molar-refractivity contribution in [3.8, 4) is 11.5 Å². The first-order valence-electron chi connectivity index (χ1n) is 8.67. The molecule has 2 heterocycles. The van der Waals surface area contributed by atoms with Gasteiger partial charge in [0.15, 0.2) is 11.5 Å². The molecule has 8 nitrogen and oxygen atoms in total. The van der Waals surface area contributed by atoms with Crippen LogP contribution in [0.4, 0.5) is 5.69 Å². The van der Waals surface area contributed by atoms with Crippen molar-refractivity contribution in [3.05, 3.63) is 36.2 Å². The average Bonchev–Trinajstić information content (AvgIpc) is 3.20. The lowest BCUT2D eigenvalue weighted by atomic mass is 10.2.